The van der Waals surface area contributed by atoms with Gasteiger partial charge in [0.2, 0.25) is 11.8 Å². The van der Waals surface area contributed by atoms with Crippen LogP contribution in [-0.2, 0) is 16.1 Å². The molecule has 1 unspecified atom stereocenters. The van der Waals surface area contributed by atoms with Crippen LogP contribution in [-0.4, -0.2) is 33.9 Å². The van der Waals surface area contributed by atoms with Crippen molar-refractivity contribution in [1.82, 2.24) is 4.90 Å². The number of para-hydroxylation sites is 1. The monoisotopic (exact) mass is 387 g/mol. The molecule has 0 radical (unpaired) electrons. The third-order valence-electron chi connectivity index (χ3n) is 3.95. The van der Waals surface area contributed by atoms with Crippen LogP contribution in [0.1, 0.15) is 19.4 Å². The molecule has 0 fully saturated rings. The fourth-order valence-electron chi connectivity index (χ4n) is 2.29. The Morgan fingerprint density at radius 3 is 2.41 bits per heavy atom. The number of benzene rings is 2. The van der Waals surface area contributed by atoms with Crippen molar-refractivity contribution in [2.75, 3.05) is 12.4 Å². The largest absolute Gasteiger partial charge is 0.342 e. The van der Waals surface area contributed by atoms with E-state index in [1.807, 2.05) is 18.2 Å². The number of nitro benzene ring substituents is 1. The SMILES string of the molecule is CC(=O)N(C)Cc1ccccc1NC(=O)C(C)Sc1ccc([N+](=O)[O-])cc1. The van der Waals surface area contributed by atoms with Crippen LogP contribution in [0.2, 0.25) is 0 Å². The summed E-state index contributed by atoms with van der Waals surface area (Å²) in [5, 5.41) is 13.2. The van der Waals surface area contributed by atoms with Crippen molar-refractivity contribution >= 4 is 35.0 Å². The Balaban J connectivity index is 2.04. The van der Waals surface area contributed by atoms with Gasteiger partial charge in [-0.05, 0) is 30.7 Å². The molecule has 27 heavy (non-hydrogen) atoms. The standard InChI is InChI=1S/C19H21N3O4S/c1-13(27-17-10-8-16(9-11-17)22(25)26)19(24)20-18-7-5-4-6-15(18)12-21(3)14(2)23/h4-11,13H,12H2,1-3H3,(H,20,24). The zero-order chi connectivity index (χ0) is 20.0. The lowest BCUT2D eigenvalue weighted by Gasteiger charge is -2.19. The van der Waals surface area contributed by atoms with E-state index in [1.165, 1.54) is 30.8 Å². The molecule has 1 atom stereocenters. The van der Waals surface area contributed by atoms with Gasteiger partial charge in [0.1, 0.15) is 0 Å². The van der Waals surface area contributed by atoms with Gasteiger partial charge in [-0.15, -0.1) is 11.8 Å². The van der Waals surface area contributed by atoms with Crippen molar-refractivity contribution in [2.24, 2.45) is 0 Å². The highest BCUT2D eigenvalue weighted by molar-refractivity contribution is 8.00. The number of nitro groups is 1. The molecule has 1 N–H and O–H groups in total. The Labute approximate surface area is 161 Å². The number of amides is 2. The molecule has 0 aliphatic rings. The summed E-state index contributed by atoms with van der Waals surface area (Å²) in [4.78, 5) is 36.6. The summed E-state index contributed by atoms with van der Waals surface area (Å²) in [6.45, 7) is 3.66. The number of anilines is 1. The van der Waals surface area contributed by atoms with Gasteiger partial charge in [0, 0.05) is 43.2 Å². The highest BCUT2D eigenvalue weighted by atomic mass is 32.2. The first-order valence-electron chi connectivity index (χ1n) is 8.29. The molecule has 0 saturated carbocycles. The van der Waals surface area contributed by atoms with Gasteiger partial charge in [0.05, 0.1) is 10.2 Å². The summed E-state index contributed by atoms with van der Waals surface area (Å²) < 4.78 is 0. The third-order valence-corrected chi connectivity index (χ3v) is 5.06. The molecule has 0 aromatic heterocycles. The molecule has 7 nitrogen and oxygen atoms in total. The van der Waals surface area contributed by atoms with E-state index in [9.17, 15) is 19.7 Å². The molecule has 0 aliphatic carbocycles. The van der Waals surface area contributed by atoms with Gasteiger partial charge >= 0.3 is 0 Å². The maximum atomic E-state index is 12.5. The summed E-state index contributed by atoms with van der Waals surface area (Å²) in [5.74, 6) is -0.241. The smallest absolute Gasteiger partial charge is 0.269 e. The molecule has 0 heterocycles. The van der Waals surface area contributed by atoms with Crippen molar-refractivity contribution in [3.8, 4) is 0 Å². The van der Waals surface area contributed by atoms with E-state index in [4.69, 9.17) is 0 Å². The fraction of sp³-hybridized carbons (Fsp3) is 0.263. The Hall–Kier alpha value is -2.87. The van der Waals surface area contributed by atoms with E-state index in [-0.39, 0.29) is 17.5 Å². The summed E-state index contributed by atoms with van der Waals surface area (Å²) in [5.41, 5.74) is 1.52. The van der Waals surface area contributed by atoms with E-state index >= 15 is 0 Å². The Morgan fingerprint density at radius 1 is 1.19 bits per heavy atom. The topological polar surface area (TPSA) is 92.6 Å². The molecule has 2 rings (SSSR count). The maximum Gasteiger partial charge on any atom is 0.269 e. The molecule has 0 bridgehead atoms. The molecule has 2 amide bonds. The molecule has 8 heteroatoms. The average Bonchev–Trinajstić information content (AvgIpc) is 2.63. The lowest BCUT2D eigenvalue weighted by molar-refractivity contribution is -0.384. The second-order valence-electron chi connectivity index (χ2n) is 6.03. The molecule has 0 saturated heterocycles. The summed E-state index contributed by atoms with van der Waals surface area (Å²) >= 11 is 1.32. The first-order valence-corrected chi connectivity index (χ1v) is 9.17. The van der Waals surface area contributed by atoms with Gasteiger partial charge in [-0.2, -0.15) is 0 Å². The Bertz CT molecular complexity index is 839. The van der Waals surface area contributed by atoms with Gasteiger partial charge in [-0.25, -0.2) is 0 Å². The van der Waals surface area contributed by atoms with Crippen molar-refractivity contribution in [2.45, 2.75) is 30.5 Å². The van der Waals surface area contributed by atoms with Crippen LogP contribution in [0.15, 0.2) is 53.4 Å². The van der Waals surface area contributed by atoms with Gasteiger partial charge < -0.3 is 10.2 Å². The first-order chi connectivity index (χ1) is 12.8. The first kappa shape index (κ1) is 20.4. The van der Waals surface area contributed by atoms with E-state index in [2.05, 4.69) is 5.32 Å². The molecule has 142 valence electrons. The van der Waals surface area contributed by atoms with Crippen molar-refractivity contribution in [3.05, 3.63) is 64.2 Å². The van der Waals surface area contributed by atoms with E-state index < -0.39 is 10.2 Å². The molecule has 2 aromatic rings. The number of hydrogen-bond donors (Lipinski definition) is 1. The Kier molecular flexibility index (Phi) is 6.95. The number of non-ortho nitro benzene ring substituents is 1. The van der Waals surface area contributed by atoms with Crippen LogP contribution in [0.3, 0.4) is 0 Å². The predicted molar refractivity (Wildman–Crippen MR) is 106 cm³/mol. The van der Waals surface area contributed by atoms with Gasteiger partial charge in [0.15, 0.2) is 0 Å². The normalized spacial score (nSPS) is 11.5. The van der Waals surface area contributed by atoms with E-state index in [0.717, 1.165) is 10.5 Å². The lowest BCUT2D eigenvalue weighted by Crippen LogP contribution is -2.26. The number of nitrogens with one attached hydrogen (secondary N) is 1. The maximum absolute atomic E-state index is 12.5. The second-order valence-corrected chi connectivity index (χ2v) is 7.45. The summed E-state index contributed by atoms with van der Waals surface area (Å²) in [6.07, 6.45) is 0. The predicted octanol–water partition coefficient (Wildman–Crippen LogP) is 3.69. The van der Waals surface area contributed by atoms with Crippen LogP contribution in [0.4, 0.5) is 11.4 Å². The van der Waals surface area contributed by atoms with Crippen molar-refractivity contribution in [1.29, 1.82) is 0 Å². The third kappa shape index (κ3) is 5.82. The number of hydrogen-bond acceptors (Lipinski definition) is 5. The molecule has 2 aromatic carbocycles. The molecule has 0 spiro atoms. The van der Waals surface area contributed by atoms with Gasteiger partial charge in [0.25, 0.3) is 5.69 Å². The van der Waals surface area contributed by atoms with Crippen molar-refractivity contribution < 1.29 is 14.5 Å². The van der Waals surface area contributed by atoms with E-state index in [1.54, 1.807) is 37.1 Å². The minimum absolute atomic E-state index is 0.0139. The highest BCUT2D eigenvalue weighted by Crippen LogP contribution is 2.27. The van der Waals surface area contributed by atoms with Crippen molar-refractivity contribution in [3.63, 3.8) is 0 Å². The molecular formula is C19H21N3O4S. The van der Waals surface area contributed by atoms with Crippen LogP contribution < -0.4 is 5.32 Å². The van der Waals surface area contributed by atoms with Crippen LogP contribution >= 0.6 is 11.8 Å². The zero-order valence-corrected chi connectivity index (χ0v) is 16.2. The minimum atomic E-state index is -0.459. The average molecular weight is 387 g/mol. The highest BCUT2D eigenvalue weighted by Gasteiger charge is 2.17. The Morgan fingerprint density at radius 2 is 1.81 bits per heavy atom. The number of carbonyl (C=O) groups excluding carboxylic acids is 2. The molecular weight excluding hydrogens is 366 g/mol. The van der Waals surface area contributed by atoms with Crippen LogP contribution in [0.25, 0.3) is 0 Å². The van der Waals surface area contributed by atoms with Gasteiger partial charge in [-0.3, -0.25) is 19.7 Å². The number of rotatable bonds is 7. The molecule has 0 aliphatic heterocycles. The van der Waals surface area contributed by atoms with Crippen LogP contribution in [0, 0.1) is 10.1 Å². The van der Waals surface area contributed by atoms with Gasteiger partial charge in [-0.1, -0.05) is 18.2 Å². The second kappa shape index (κ2) is 9.18. The summed E-state index contributed by atoms with van der Waals surface area (Å²) in [6, 6.07) is 13.4. The summed E-state index contributed by atoms with van der Waals surface area (Å²) in [7, 11) is 1.70. The fourth-order valence-corrected chi connectivity index (χ4v) is 3.15. The quantitative estimate of drug-likeness (QED) is 0.444. The number of thioether (sulfide) groups is 1. The number of nitrogens with zero attached hydrogens (tertiary/aromatic N) is 2. The van der Waals surface area contributed by atoms with E-state index in [0.29, 0.717) is 12.2 Å². The number of carbonyl (C=O) groups is 2. The van der Waals surface area contributed by atoms with Crippen LogP contribution in [0.5, 0.6) is 0 Å². The minimum Gasteiger partial charge on any atom is -0.342 e. The lowest BCUT2D eigenvalue weighted by atomic mass is 10.1. The zero-order valence-electron chi connectivity index (χ0n) is 15.3.